The number of carbonyl (C=O) groups is 1. The molecule has 4 rings (SSSR count). The quantitative estimate of drug-likeness (QED) is 0.543. The number of nitrogens with one attached hydrogen (secondary N) is 3. The third kappa shape index (κ3) is 3.61. The summed E-state index contributed by atoms with van der Waals surface area (Å²) in [7, 11) is 3.38. The molecule has 1 aliphatic rings. The summed E-state index contributed by atoms with van der Waals surface area (Å²) in [5.74, 6) is 0.798. The van der Waals surface area contributed by atoms with Gasteiger partial charge in [0.25, 0.3) is 11.5 Å². The summed E-state index contributed by atoms with van der Waals surface area (Å²) in [5, 5.41) is 13.3. The average Bonchev–Trinajstić information content (AvgIpc) is 3.34. The number of hydrogen-bond donors (Lipinski definition) is 3. The molecule has 1 aliphatic carbocycles. The van der Waals surface area contributed by atoms with Crippen LogP contribution in [0.15, 0.2) is 35.4 Å². The van der Waals surface area contributed by atoms with Gasteiger partial charge in [-0.1, -0.05) is 0 Å². The number of ether oxygens (including phenoxy) is 1. The second kappa shape index (κ2) is 7.79. The first kappa shape index (κ1) is 19.9. The van der Waals surface area contributed by atoms with Crippen LogP contribution in [-0.2, 0) is 4.74 Å². The number of hydrogen-bond acceptors (Lipinski definition) is 7. The SMILES string of the molecule is CNc1cc(Nc2cccn(C(C)C)c2=O)nc2c(C(=O)NC3C[C@@H]3OC)cnn12. The largest absolute Gasteiger partial charge is 0.379 e. The Morgan fingerprint density at radius 1 is 1.37 bits per heavy atom. The van der Waals surface area contributed by atoms with E-state index in [1.807, 2.05) is 13.8 Å². The average molecular weight is 411 g/mol. The van der Waals surface area contributed by atoms with Gasteiger partial charge in [-0.2, -0.15) is 9.61 Å². The second-order valence-corrected chi connectivity index (χ2v) is 7.51. The van der Waals surface area contributed by atoms with Crippen LogP contribution in [-0.4, -0.2) is 51.4 Å². The summed E-state index contributed by atoms with van der Waals surface area (Å²) in [4.78, 5) is 30.0. The summed E-state index contributed by atoms with van der Waals surface area (Å²) >= 11 is 0. The van der Waals surface area contributed by atoms with Crippen LogP contribution < -0.4 is 21.5 Å². The number of fused-ring (bicyclic) bond motifs is 1. The van der Waals surface area contributed by atoms with Gasteiger partial charge in [-0.15, -0.1) is 0 Å². The predicted molar refractivity (Wildman–Crippen MR) is 114 cm³/mol. The van der Waals surface area contributed by atoms with E-state index in [2.05, 4.69) is 26.0 Å². The van der Waals surface area contributed by atoms with E-state index in [0.717, 1.165) is 6.42 Å². The first-order valence-electron chi connectivity index (χ1n) is 9.81. The van der Waals surface area contributed by atoms with Crippen LogP contribution in [0.3, 0.4) is 0 Å². The van der Waals surface area contributed by atoms with Crippen molar-refractivity contribution in [1.29, 1.82) is 0 Å². The Balaban J connectivity index is 1.69. The minimum atomic E-state index is -0.261. The Labute approximate surface area is 173 Å². The number of carbonyl (C=O) groups excluding carboxylic acids is 1. The number of nitrogens with zero attached hydrogens (tertiary/aromatic N) is 4. The van der Waals surface area contributed by atoms with Crippen molar-refractivity contribution in [3.8, 4) is 0 Å². The number of pyridine rings is 1. The van der Waals surface area contributed by atoms with Crippen molar-refractivity contribution in [3.05, 3.63) is 46.5 Å². The van der Waals surface area contributed by atoms with Gasteiger partial charge in [-0.25, -0.2) is 4.98 Å². The molecule has 0 aromatic carbocycles. The van der Waals surface area contributed by atoms with E-state index in [1.165, 1.54) is 6.20 Å². The van der Waals surface area contributed by atoms with E-state index in [9.17, 15) is 9.59 Å². The highest BCUT2D eigenvalue weighted by molar-refractivity contribution is 6.00. The molecular weight excluding hydrogens is 386 g/mol. The van der Waals surface area contributed by atoms with Crippen molar-refractivity contribution >= 4 is 28.9 Å². The highest BCUT2D eigenvalue weighted by Crippen LogP contribution is 2.26. The van der Waals surface area contributed by atoms with Crippen molar-refractivity contribution in [1.82, 2.24) is 24.5 Å². The molecular formula is C20H25N7O3. The van der Waals surface area contributed by atoms with Gasteiger partial charge in [-0.3, -0.25) is 9.59 Å². The van der Waals surface area contributed by atoms with Crippen LogP contribution in [0.1, 0.15) is 36.7 Å². The molecule has 0 bridgehead atoms. The number of rotatable bonds is 7. The number of anilines is 3. The van der Waals surface area contributed by atoms with Gasteiger partial charge in [0.2, 0.25) is 0 Å². The molecule has 0 saturated heterocycles. The summed E-state index contributed by atoms with van der Waals surface area (Å²) < 4.78 is 8.43. The molecule has 3 N–H and O–H groups in total. The van der Waals surface area contributed by atoms with Crippen LogP contribution in [0.2, 0.25) is 0 Å². The number of aromatic nitrogens is 4. The van der Waals surface area contributed by atoms with Gasteiger partial charge in [0.1, 0.15) is 22.9 Å². The van der Waals surface area contributed by atoms with Gasteiger partial charge >= 0.3 is 0 Å². The van der Waals surface area contributed by atoms with E-state index in [-0.39, 0.29) is 29.7 Å². The van der Waals surface area contributed by atoms with E-state index < -0.39 is 0 Å². The Kier molecular flexibility index (Phi) is 5.17. The standard InChI is InChI=1S/C20H25N7O3/c1-11(2)26-7-5-6-13(20(26)29)23-16-9-17(21-3)27-18(25-16)12(10-22-27)19(28)24-14-8-15(14)30-4/h5-7,9-11,14-15,21H,8H2,1-4H3,(H,23,25)(H,24,28)/t14?,15-/m0/s1. The minimum absolute atomic E-state index is 0.00125. The van der Waals surface area contributed by atoms with Crippen LogP contribution in [0.5, 0.6) is 0 Å². The fourth-order valence-electron chi connectivity index (χ4n) is 3.35. The normalized spacial score (nSPS) is 17.9. The summed E-state index contributed by atoms with van der Waals surface area (Å²) in [6.45, 7) is 3.89. The van der Waals surface area contributed by atoms with Gasteiger partial charge in [0, 0.05) is 32.5 Å². The first-order chi connectivity index (χ1) is 14.4. The smallest absolute Gasteiger partial charge is 0.274 e. The molecule has 10 nitrogen and oxygen atoms in total. The molecule has 1 amide bonds. The minimum Gasteiger partial charge on any atom is -0.379 e. The third-order valence-electron chi connectivity index (χ3n) is 5.12. The summed E-state index contributed by atoms with van der Waals surface area (Å²) in [6, 6.07) is 5.28. The lowest BCUT2D eigenvalue weighted by atomic mass is 10.3. The Bertz CT molecular complexity index is 1150. The zero-order chi connectivity index (χ0) is 21.4. The zero-order valence-corrected chi connectivity index (χ0v) is 17.3. The van der Waals surface area contributed by atoms with E-state index in [0.29, 0.717) is 28.5 Å². The summed E-state index contributed by atoms with van der Waals surface area (Å²) in [5.41, 5.74) is 0.990. The lowest BCUT2D eigenvalue weighted by Crippen LogP contribution is -2.28. The zero-order valence-electron chi connectivity index (χ0n) is 17.3. The fraction of sp³-hybridized carbons (Fsp3) is 0.400. The van der Waals surface area contributed by atoms with Gasteiger partial charge < -0.3 is 25.3 Å². The van der Waals surface area contributed by atoms with Gasteiger partial charge in [0.05, 0.1) is 18.3 Å². The Hall–Kier alpha value is -3.40. The lowest BCUT2D eigenvalue weighted by molar-refractivity contribution is 0.0936. The molecule has 1 saturated carbocycles. The molecule has 0 spiro atoms. The van der Waals surface area contributed by atoms with Crippen LogP contribution >= 0.6 is 0 Å². The van der Waals surface area contributed by atoms with Crippen molar-refractivity contribution in [2.24, 2.45) is 0 Å². The van der Waals surface area contributed by atoms with Crippen LogP contribution in [0.4, 0.5) is 17.3 Å². The molecule has 0 aliphatic heterocycles. The van der Waals surface area contributed by atoms with Gasteiger partial charge in [0.15, 0.2) is 5.65 Å². The van der Waals surface area contributed by atoms with E-state index in [4.69, 9.17) is 4.74 Å². The van der Waals surface area contributed by atoms with Crippen molar-refractivity contribution < 1.29 is 9.53 Å². The molecule has 1 fully saturated rings. The summed E-state index contributed by atoms with van der Waals surface area (Å²) in [6.07, 6.45) is 4.08. The Morgan fingerprint density at radius 2 is 2.17 bits per heavy atom. The highest BCUT2D eigenvalue weighted by atomic mass is 16.5. The monoisotopic (exact) mass is 411 g/mol. The highest BCUT2D eigenvalue weighted by Gasteiger charge is 2.39. The van der Waals surface area contributed by atoms with Crippen molar-refractivity contribution in [2.45, 2.75) is 38.5 Å². The number of methoxy groups -OCH3 is 1. The fourth-order valence-corrected chi connectivity index (χ4v) is 3.35. The maximum atomic E-state index is 12.7. The molecule has 2 atom stereocenters. The third-order valence-corrected chi connectivity index (χ3v) is 5.12. The first-order valence-corrected chi connectivity index (χ1v) is 9.81. The molecule has 3 aromatic rings. The maximum absolute atomic E-state index is 12.7. The molecule has 3 heterocycles. The van der Waals surface area contributed by atoms with E-state index >= 15 is 0 Å². The topological polar surface area (TPSA) is 115 Å². The maximum Gasteiger partial charge on any atom is 0.274 e. The van der Waals surface area contributed by atoms with Gasteiger partial charge in [-0.05, 0) is 32.4 Å². The van der Waals surface area contributed by atoms with Crippen LogP contribution in [0, 0.1) is 0 Å². The Morgan fingerprint density at radius 3 is 2.83 bits per heavy atom. The predicted octanol–water partition coefficient (Wildman–Crippen LogP) is 1.77. The molecule has 1 unspecified atom stereocenters. The number of amides is 1. The molecule has 30 heavy (non-hydrogen) atoms. The molecule has 0 radical (unpaired) electrons. The second-order valence-electron chi connectivity index (χ2n) is 7.51. The molecule has 3 aromatic heterocycles. The molecule has 158 valence electrons. The lowest BCUT2D eigenvalue weighted by Gasteiger charge is -2.13. The van der Waals surface area contributed by atoms with Crippen LogP contribution in [0.25, 0.3) is 5.65 Å². The van der Waals surface area contributed by atoms with Crippen molar-refractivity contribution in [2.75, 3.05) is 24.8 Å². The van der Waals surface area contributed by atoms with E-state index in [1.54, 1.807) is 47.6 Å². The molecule has 10 heteroatoms. The van der Waals surface area contributed by atoms with Crippen molar-refractivity contribution in [3.63, 3.8) is 0 Å².